The number of carbonyl (C=O) groups excluding carboxylic acids is 1. The minimum absolute atomic E-state index is 0.263. The van der Waals surface area contributed by atoms with E-state index in [1.165, 1.54) is 0 Å². The molecule has 0 saturated carbocycles. The van der Waals surface area contributed by atoms with Crippen LogP contribution in [0.3, 0.4) is 0 Å². The summed E-state index contributed by atoms with van der Waals surface area (Å²) in [7, 11) is 0. The van der Waals surface area contributed by atoms with Crippen molar-refractivity contribution >= 4 is 5.97 Å². The largest absolute Gasteiger partial charge is 0.479 e. The monoisotopic (exact) mass is 249 g/mol. The molecule has 4 nitrogen and oxygen atoms in total. The Morgan fingerprint density at radius 1 is 1.50 bits per heavy atom. The summed E-state index contributed by atoms with van der Waals surface area (Å²) < 4.78 is 10.5. The summed E-state index contributed by atoms with van der Waals surface area (Å²) in [6.45, 7) is 5.46. The first-order valence-electron chi connectivity index (χ1n) is 6.31. The SMILES string of the molecule is CC(C)NCc1cccc(OC2CCOC2=O)c1. The van der Waals surface area contributed by atoms with E-state index in [1.807, 2.05) is 24.3 Å². The fourth-order valence-corrected chi connectivity index (χ4v) is 1.80. The Hall–Kier alpha value is -1.55. The molecule has 1 atom stereocenters. The third-order valence-corrected chi connectivity index (χ3v) is 2.78. The average Bonchev–Trinajstić information content (AvgIpc) is 2.73. The molecule has 1 aliphatic heterocycles. The van der Waals surface area contributed by atoms with Crippen molar-refractivity contribution in [3.05, 3.63) is 29.8 Å². The molecular formula is C14H19NO3. The Kier molecular flexibility index (Phi) is 4.20. The normalized spacial score (nSPS) is 19.1. The van der Waals surface area contributed by atoms with Crippen molar-refractivity contribution in [2.75, 3.05) is 6.61 Å². The van der Waals surface area contributed by atoms with E-state index in [2.05, 4.69) is 19.2 Å². The van der Waals surface area contributed by atoms with Gasteiger partial charge in [-0.05, 0) is 17.7 Å². The third-order valence-electron chi connectivity index (χ3n) is 2.78. The van der Waals surface area contributed by atoms with Crippen LogP contribution in [0.15, 0.2) is 24.3 Å². The molecular weight excluding hydrogens is 230 g/mol. The van der Waals surface area contributed by atoms with Gasteiger partial charge in [0.15, 0.2) is 6.10 Å². The van der Waals surface area contributed by atoms with Crippen LogP contribution in [0.1, 0.15) is 25.8 Å². The Balaban J connectivity index is 1.96. The molecule has 1 fully saturated rings. The van der Waals surface area contributed by atoms with Crippen LogP contribution in [-0.2, 0) is 16.1 Å². The Bertz CT molecular complexity index is 417. The minimum atomic E-state index is -0.446. The van der Waals surface area contributed by atoms with Crippen LogP contribution in [0.5, 0.6) is 5.75 Å². The van der Waals surface area contributed by atoms with Crippen LogP contribution in [-0.4, -0.2) is 24.7 Å². The van der Waals surface area contributed by atoms with Gasteiger partial charge in [-0.1, -0.05) is 26.0 Å². The zero-order valence-corrected chi connectivity index (χ0v) is 10.8. The van der Waals surface area contributed by atoms with E-state index in [0.29, 0.717) is 19.1 Å². The number of hydrogen-bond acceptors (Lipinski definition) is 4. The summed E-state index contributed by atoms with van der Waals surface area (Å²) in [5.41, 5.74) is 1.15. The van der Waals surface area contributed by atoms with Gasteiger partial charge in [0.2, 0.25) is 0 Å². The summed E-state index contributed by atoms with van der Waals surface area (Å²) in [6, 6.07) is 8.24. The Labute approximate surface area is 107 Å². The van der Waals surface area contributed by atoms with Crippen molar-refractivity contribution in [3.63, 3.8) is 0 Å². The van der Waals surface area contributed by atoms with Gasteiger partial charge in [0, 0.05) is 19.0 Å². The van der Waals surface area contributed by atoms with Gasteiger partial charge >= 0.3 is 5.97 Å². The molecule has 0 spiro atoms. The highest BCUT2D eigenvalue weighted by Gasteiger charge is 2.28. The second-order valence-corrected chi connectivity index (χ2v) is 4.75. The van der Waals surface area contributed by atoms with Crippen LogP contribution < -0.4 is 10.1 Å². The lowest BCUT2D eigenvalue weighted by molar-refractivity contribution is -0.143. The van der Waals surface area contributed by atoms with E-state index < -0.39 is 6.10 Å². The number of carbonyl (C=O) groups is 1. The standard InChI is InChI=1S/C14H19NO3/c1-10(2)15-9-11-4-3-5-12(8-11)18-13-6-7-17-14(13)16/h3-5,8,10,13,15H,6-7,9H2,1-2H3. The summed E-state index contributed by atoms with van der Waals surface area (Å²) in [6.07, 6.45) is 0.186. The lowest BCUT2D eigenvalue weighted by Crippen LogP contribution is -2.23. The smallest absolute Gasteiger partial charge is 0.347 e. The molecule has 1 aliphatic rings. The fraction of sp³-hybridized carbons (Fsp3) is 0.500. The molecule has 4 heteroatoms. The molecule has 98 valence electrons. The van der Waals surface area contributed by atoms with Crippen molar-refractivity contribution in [2.45, 2.75) is 39.0 Å². The molecule has 0 radical (unpaired) electrons. The van der Waals surface area contributed by atoms with Crippen molar-refractivity contribution in [1.29, 1.82) is 0 Å². The number of rotatable bonds is 5. The predicted octanol–water partition coefficient (Wildman–Crippen LogP) is 1.88. The summed E-state index contributed by atoms with van der Waals surface area (Å²) in [5, 5.41) is 3.34. The lowest BCUT2D eigenvalue weighted by Gasteiger charge is -2.12. The molecule has 1 aromatic rings. The van der Waals surface area contributed by atoms with E-state index >= 15 is 0 Å². The van der Waals surface area contributed by atoms with Gasteiger partial charge in [0.1, 0.15) is 5.75 Å². The molecule has 0 aromatic heterocycles. The van der Waals surface area contributed by atoms with Gasteiger partial charge in [-0.25, -0.2) is 4.79 Å². The molecule has 1 N–H and O–H groups in total. The van der Waals surface area contributed by atoms with E-state index in [-0.39, 0.29) is 5.97 Å². The maximum atomic E-state index is 11.3. The third kappa shape index (κ3) is 3.47. The van der Waals surface area contributed by atoms with Crippen molar-refractivity contribution in [2.24, 2.45) is 0 Å². The first kappa shape index (κ1) is 12.9. The minimum Gasteiger partial charge on any atom is -0.479 e. The zero-order chi connectivity index (χ0) is 13.0. The van der Waals surface area contributed by atoms with E-state index in [4.69, 9.17) is 9.47 Å². The Morgan fingerprint density at radius 3 is 3.00 bits per heavy atom. The van der Waals surface area contributed by atoms with Gasteiger partial charge < -0.3 is 14.8 Å². The van der Waals surface area contributed by atoms with Crippen molar-refractivity contribution in [1.82, 2.24) is 5.32 Å². The van der Waals surface area contributed by atoms with Gasteiger partial charge in [-0.2, -0.15) is 0 Å². The molecule has 18 heavy (non-hydrogen) atoms. The van der Waals surface area contributed by atoms with Crippen LogP contribution in [0.25, 0.3) is 0 Å². The molecule has 2 rings (SSSR count). The van der Waals surface area contributed by atoms with Gasteiger partial charge in [-0.3, -0.25) is 0 Å². The average molecular weight is 249 g/mol. The predicted molar refractivity (Wildman–Crippen MR) is 68.4 cm³/mol. The highest BCUT2D eigenvalue weighted by Crippen LogP contribution is 2.19. The van der Waals surface area contributed by atoms with Crippen LogP contribution in [0.4, 0.5) is 0 Å². The van der Waals surface area contributed by atoms with Crippen LogP contribution >= 0.6 is 0 Å². The number of benzene rings is 1. The fourth-order valence-electron chi connectivity index (χ4n) is 1.80. The summed E-state index contributed by atoms with van der Waals surface area (Å²) >= 11 is 0. The number of esters is 1. The maximum Gasteiger partial charge on any atom is 0.347 e. The van der Waals surface area contributed by atoms with Gasteiger partial charge in [-0.15, -0.1) is 0 Å². The number of ether oxygens (including phenoxy) is 2. The molecule has 1 aromatic carbocycles. The molecule has 0 amide bonds. The number of cyclic esters (lactones) is 1. The van der Waals surface area contributed by atoms with Crippen LogP contribution in [0, 0.1) is 0 Å². The summed E-state index contributed by atoms with van der Waals surface area (Å²) in [4.78, 5) is 11.3. The molecule has 1 saturated heterocycles. The highest BCUT2D eigenvalue weighted by atomic mass is 16.6. The first-order chi connectivity index (χ1) is 8.65. The number of nitrogens with one attached hydrogen (secondary N) is 1. The second kappa shape index (κ2) is 5.87. The Morgan fingerprint density at radius 2 is 2.33 bits per heavy atom. The zero-order valence-electron chi connectivity index (χ0n) is 10.8. The quantitative estimate of drug-likeness (QED) is 0.809. The highest BCUT2D eigenvalue weighted by molar-refractivity contribution is 5.76. The van der Waals surface area contributed by atoms with E-state index in [9.17, 15) is 4.79 Å². The van der Waals surface area contributed by atoms with Crippen molar-refractivity contribution in [3.8, 4) is 5.75 Å². The van der Waals surface area contributed by atoms with E-state index in [1.54, 1.807) is 0 Å². The van der Waals surface area contributed by atoms with Gasteiger partial charge in [0.05, 0.1) is 6.61 Å². The maximum absolute atomic E-state index is 11.3. The van der Waals surface area contributed by atoms with Gasteiger partial charge in [0.25, 0.3) is 0 Å². The molecule has 0 bridgehead atoms. The lowest BCUT2D eigenvalue weighted by atomic mass is 10.2. The second-order valence-electron chi connectivity index (χ2n) is 4.75. The van der Waals surface area contributed by atoms with Crippen LogP contribution in [0.2, 0.25) is 0 Å². The molecule has 1 unspecified atom stereocenters. The van der Waals surface area contributed by atoms with E-state index in [0.717, 1.165) is 17.9 Å². The number of hydrogen-bond donors (Lipinski definition) is 1. The first-order valence-corrected chi connectivity index (χ1v) is 6.31. The topological polar surface area (TPSA) is 47.6 Å². The molecule has 1 heterocycles. The van der Waals surface area contributed by atoms with Crippen molar-refractivity contribution < 1.29 is 14.3 Å². The molecule has 0 aliphatic carbocycles. The summed E-state index contributed by atoms with van der Waals surface area (Å²) in [5.74, 6) is 0.461.